The molecule has 5 nitrogen and oxygen atoms in total. The maximum atomic E-state index is 12.1. The molecule has 2 rings (SSSR count). The van der Waals surface area contributed by atoms with E-state index in [1.54, 1.807) is 0 Å². The monoisotopic (exact) mass is 270 g/mol. The van der Waals surface area contributed by atoms with Gasteiger partial charge in [0.2, 0.25) is 5.91 Å². The van der Waals surface area contributed by atoms with Gasteiger partial charge in [0.25, 0.3) is 0 Å². The lowest BCUT2D eigenvalue weighted by atomic mass is 10.1. The summed E-state index contributed by atoms with van der Waals surface area (Å²) in [6.45, 7) is 3.69. The van der Waals surface area contributed by atoms with Gasteiger partial charge in [0, 0.05) is 32.7 Å². The Balaban J connectivity index is 1.61. The normalized spacial score (nSPS) is 24.9. The highest BCUT2D eigenvalue weighted by molar-refractivity contribution is 5.76. The molecular formula is C14H26N2O3. The van der Waals surface area contributed by atoms with E-state index in [1.165, 1.54) is 0 Å². The van der Waals surface area contributed by atoms with Gasteiger partial charge in [0.15, 0.2) is 0 Å². The van der Waals surface area contributed by atoms with E-state index in [4.69, 9.17) is 15.2 Å². The summed E-state index contributed by atoms with van der Waals surface area (Å²) in [6.07, 6.45) is 6.23. The molecule has 2 aliphatic rings. The van der Waals surface area contributed by atoms with Gasteiger partial charge in [-0.15, -0.1) is 0 Å². The maximum absolute atomic E-state index is 12.1. The van der Waals surface area contributed by atoms with Gasteiger partial charge >= 0.3 is 0 Å². The van der Waals surface area contributed by atoms with Crippen LogP contribution in [0.1, 0.15) is 38.5 Å². The van der Waals surface area contributed by atoms with E-state index >= 15 is 0 Å². The second kappa shape index (κ2) is 7.82. The van der Waals surface area contributed by atoms with Gasteiger partial charge in [-0.2, -0.15) is 0 Å². The SMILES string of the molecule is NCCOC1CCN(C(=O)CCC2CCCO2)CC1. The van der Waals surface area contributed by atoms with Crippen molar-refractivity contribution in [1.82, 2.24) is 4.90 Å². The van der Waals surface area contributed by atoms with Crippen LogP contribution >= 0.6 is 0 Å². The van der Waals surface area contributed by atoms with E-state index < -0.39 is 0 Å². The standard InChI is InChI=1S/C14H26N2O3/c15-7-11-19-13-5-8-16(9-6-13)14(17)4-3-12-2-1-10-18-12/h12-13H,1-11,15H2. The number of piperidine rings is 1. The molecule has 0 aliphatic carbocycles. The van der Waals surface area contributed by atoms with Crippen LogP contribution < -0.4 is 5.73 Å². The molecule has 2 saturated heterocycles. The summed E-state index contributed by atoms with van der Waals surface area (Å²) in [5.74, 6) is 0.271. The molecule has 1 amide bonds. The van der Waals surface area contributed by atoms with Crippen molar-refractivity contribution in [2.75, 3.05) is 32.8 Å². The second-order valence-electron chi connectivity index (χ2n) is 5.41. The van der Waals surface area contributed by atoms with Crippen LogP contribution in [0, 0.1) is 0 Å². The van der Waals surface area contributed by atoms with E-state index in [-0.39, 0.29) is 12.0 Å². The fourth-order valence-corrected chi connectivity index (χ4v) is 2.82. The van der Waals surface area contributed by atoms with E-state index in [1.807, 2.05) is 4.90 Å². The van der Waals surface area contributed by atoms with Crippen molar-refractivity contribution in [2.45, 2.75) is 50.7 Å². The second-order valence-corrected chi connectivity index (χ2v) is 5.41. The molecule has 0 saturated carbocycles. The number of hydrogen-bond donors (Lipinski definition) is 1. The Bertz CT molecular complexity index is 272. The molecule has 19 heavy (non-hydrogen) atoms. The largest absolute Gasteiger partial charge is 0.378 e. The predicted octanol–water partition coefficient (Wildman–Crippen LogP) is 0.912. The first-order valence-corrected chi connectivity index (χ1v) is 7.50. The fourth-order valence-electron chi connectivity index (χ4n) is 2.82. The molecule has 1 atom stereocenters. The Labute approximate surface area is 115 Å². The Kier molecular flexibility index (Phi) is 6.07. The summed E-state index contributed by atoms with van der Waals surface area (Å²) >= 11 is 0. The van der Waals surface area contributed by atoms with Crippen LogP contribution in [0.4, 0.5) is 0 Å². The molecule has 2 fully saturated rings. The lowest BCUT2D eigenvalue weighted by molar-refractivity contribution is -0.134. The number of ether oxygens (including phenoxy) is 2. The molecule has 2 aliphatic heterocycles. The highest BCUT2D eigenvalue weighted by Gasteiger charge is 2.24. The summed E-state index contributed by atoms with van der Waals surface area (Å²) in [5.41, 5.74) is 5.42. The highest BCUT2D eigenvalue weighted by atomic mass is 16.5. The number of likely N-dealkylation sites (tertiary alicyclic amines) is 1. The first-order valence-electron chi connectivity index (χ1n) is 7.50. The molecule has 1 unspecified atom stereocenters. The molecule has 0 radical (unpaired) electrons. The summed E-state index contributed by atoms with van der Waals surface area (Å²) in [4.78, 5) is 14.1. The van der Waals surface area contributed by atoms with Crippen molar-refractivity contribution < 1.29 is 14.3 Å². The Hall–Kier alpha value is -0.650. The zero-order chi connectivity index (χ0) is 13.5. The van der Waals surface area contributed by atoms with Crippen LogP contribution in [0.2, 0.25) is 0 Å². The zero-order valence-corrected chi connectivity index (χ0v) is 11.7. The highest BCUT2D eigenvalue weighted by Crippen LogP contribution is 2.19. The number of carbonyl (C=O) groups is 1. The number of nitrogens with zero attached hydrogens (tertiary/aromatic N) is 1. The van der Waals surface area contributed by atoms with Gasteiger partial charge in [0.05, 0.1) is 18.8 Å². The Morgan fingerprint density at radius 1 is 1.32 bits per heavy atom. The molecule has 0 bridgehead atoms. The van der Waals surface area contributed by atoms with E-state index in [0.717, 1.165) is 51.8 Å². The summed E-state index contributed by atoms with van der Waals surface area (Å²) in [6, 6.07) is 0. The average Bonchev–Trinajstić information content (AvgIpc) is 2.96. The first-order chi connectivity index (χ1) is 9.29. The van der Waals surface area contributed by atoms with E-state index in [9.17, 15) is 4.79 Å². The van der Waals surface area contributed by atoms with Crippen molar-refractivity contribution in [3.05, 3.63) is 0 Å². The van der Waals surface area contributed by atoms with Crippen molar-refractivity contribution in [3.8, 4) is 0 Å². The van der Waals surface area contributed by atoms with E-state index in [2.05, 4.69) is 0 Å². The Morgan fingerprint density at radius 3 is 2.74 bits per heavy atom. The lowest BCUT2D eigenvalue weighted by Gasteiger charge is -2.32. The number of carbonyl (C=O) groups excluding carboxylic acids is 1. The lowest BCUT2D eigenvalue weighted by Crippen LogP contribution is -2.41. The smallest absolute Gasteiger partial charge is 0.222 e. The Morgan fingerprint density at radius 2 is 2.11 bits per heavy atom. The zero-order valence-electron chi connectivity index (χ0n) is 11.7. The average molecular weight is 270 g/mol. The van der Waals surface area contributed by atoms with Crippen LogP contribution in [0.5, 0.6) is 0 Å². The third kappa shape index (κ3) is 4.75. The van der Waals surface area contributed by atoms with Gasteiger partial charge in [-0.1, -0.05) is 0 Å². The summed E-state index contributed by atoms with van der Waals surface area (Å²) in [7, 11) is 0. The topological polar surface area (TPSA) is 64.8 Å². The molecule has 2 N–H and O–H groups in total. The van der Waals surface area contributed by atoms with Crippen LogP contribution in [0.15, 0.2) is 0 Å². The molecule has 2 heterocycles. The summed E-state index contributed by atoms with van der Waals surface area (Å²) < 4.78 is 11.2. The molecule has 110 valence electrons. The minimum atomic E-state index is 0.271. The van der Waals surface area contributed by atoms with Crippen molar-refractivity contribution >= 4 is 5.91 Å². The number of hydrogen-bond acceptors (Lipinski definition) is 4. The minimum Gasteiger partial charge on any atom is -0.378 e. The van der Waals surface area contributed by atoms with Crippen LogP contribution in [0.25, 0.3) is 0 Å². The predicted molar refractivity (Wildman–Crippen MR) is 72.8 cm³/mol. The van der Waals surface area contributed by atoms with Gasteiger partial charge in [-0.05, 0) is 32.1 Å². The third-order valence-electron chi connectivity index (χ3n) is 3.97. The van der Waals surface area contributed by atoms with Crippen LogP contribution in [0.3, 0.4) is 0 Å². The minimum absolute atomic E-state index is 0.271. The molecule has 5 heteroatoms. The molecule has 0 spiro atoms. The van der Waals surface area contributed by atoms with Crippen molar-refractivity contribution in [3.63, 3.8) is 0 Å². The van der Waals surface area contributed by atoms with E-state index in [0.29, 0.717) is 25.7 Å². The first kappa shape index (κ1) is 14.8. The maximum Gasteiger partial charge on any atom is 0.222 e. The molecule has 0 aromatic heterocycles. The molecule has 0 aromatic rings. The summed E-state index contributed by atoms with van der Waals surface area (Å²) in [5, 5.41) is 0. The van der Waals surface area contributed by atoms with Gasteiger partial charge < -0.3 is 20.1 Å². The fraction of sp³-hybridized carbons (Fsp3) is 0.929. The third-order valence-corrected chi connectivity index (χ3v) is 3.97. The molecule has 0 aromatic carbocycles. The number of nitrogens with two attached hydrogens (primary N) is 1. The van der Waals surface area contributed by atoms with Gasteiger partial charge in [-0.3, -0.25) is 4.79 Å². The number of amides is 1. The molecular weight excluding hydrogens is 244 g/mol. The van der Waals surface area contributed by atoms with Crippen LogP contribution in [-0.4, -0.2) is 55.9 Å². The quantitative estimate of drug-likeness (QED) is 0.779. The van der Waals surface area contributed by atoms with Crippen molar-refractivity contribution in [2.24, 2.45) is 5.73 Å². The van der Waals surface area contributed by atoms with Gasteiger partial charge in [-0.25, -0.2) is 0 Å². The van der Waals surface area contributed by atoms with Crippen molar-refractivity contribution in [1.29, 1.82) is 0 Å². The van der Waals surface area contributed by atoms with Gasteiger partial charge in [0.1, 0.15) is 0 Å². The van der Waals surface area contributed by atoms with Crippen LogP contribution in [-0.2, 0) is 14.3 Å². The number of rotatable bonds is 6.